The summed E-state index contributed by atoms with van der Waals surface area (Å²) in [5, 5.41) is 3.82. The van der Waals surface area contributed by atoms with Gasteiger partial charge in [-0.15, -0.1) is 0 Å². The van der Waals surface area contributed by atoms with E-state index < -0.39 is 0 Å². The fraction of sp³-hybridized carbons (Fsp3) is 0.667. The second-order valence-corrected chi connectivity index (χ2v) is 6.66. The van der Waals surface area contributed by atoms with Gasteiger partial charge in [-0.25, -0.2) is 0 Å². The van der Waals surface area contributed by atoms with Crippen LogP contribution in [0.1, 0.15) is 68.9 Å². The van der Waals surface area contributed by atoms with Gasteiger partial charge in [0, 0.05) is 12.6 Å². The Hall–Kier alpha value is -0.820. The summed E-state index contributed by atoms with van der Waals surface area (Å²) in [6.45, 7) is 3.48. The number of nitrogens with one attached hydrogen (secondary N) is 1. The van der Waals surface area contributed by atoms with Crippen molar-refractivity contribution in [2.24, 2.45) is 5.92 Å². The van der Waals surface area contributed by atoms with Crippen LogP contribution in [0.15, 0.2) is 24.3 Å². The zero-order chi connectivity index (χ0) is 13.1. The van der Waals surface area contributed by atoms with Crippen molar-refractivity contribution in [3.05, 3.63) is 35.4 Å². The molecule has 0 aromatic heterocycles. The van der Waals surface area contributed by atoms with E-state index in [1.54, 1.807) is 11.1 Å². The third-order valence-electron chi connectivity index (χ3n) is 4.91. The Morgan fingerprint density at radius 1 is 1.00 bits per heavy atom. The lowest BCUT2D eigenvalue weighted by Crippen LogP contribution is -2.28. The Balaban J connectivity index is 1.56. The molecule has 0 amide bonds. The second-order valence-electron chi connectivity index (χ2n) is 6.66. The van der Waals surface area contributed by atoms with Gasteiger partial charge in [0.1, 0.15) is 0 Å². The lowest BCUT2D eigenvalue weighted by Gasteiger charge is -2.18. The predicted octanol–water partition coefficient (Wildman–Crippen LogP) is 4.62. The van der Waals surface area contributed by atoms with Crippen LogP contribution in [0, 0.1) is 5.92 Å². The number of hydrogen-bond acceptors (Lipinski definition) is 1. The molecule has 0 saturated heterocycles. The Morgan fingerprint density at radius 3 is 2.68 bits per heavy atom. The molecule has 0 aliphatic heterocycles. The molecular formula is C18H27N. The van der Waals surface area contributed by atoms with Crippen LogP contribution >= 0.6 is 0 Å². The van der Waals surface area contributed by atoms with Crippen molar-refractivity contribution >= 4 is 0 Å². The monoisotopic (exact) mass is 257 g/mol. The summed E-state index contributed by atoms with van der Waals surface area (Å²) in [5.41, 5.74) is 3.15. The highest BCUT2D eigenvalue weighted by Gasteiger charge is 2.25. The van der Waals surface area contributed by atoms with Crippen LogP contribution in [0.25, 0.3) is 0 Å². The number of rotatable bonds is 4. The van der Waals surface area contributed by atoms with Crippen molar-refractivity contribution in [1.29, 1.82) is 0 Å². The molecular weight excluding hydrogens is 230 g/mol. The highest BCUT2D eigenvalue weighted by Crippen LogP contribution is 2.41. The SMILES string of the molecule is CC1CCCC(NCc2ccccc2C2CC2)CC1. The smallest absolute Gasteiger partial charge is 0.0210 e. The van der Waals surface area contributed by atoms with Gasteiger partial charge in [0.05, 0.1) is 0 Å². The summed E-state index contributed by atoms with van der Waals surface area (Å²) < 4.78 is 0. The Labute approximate surface area is 117 Å². The van der Waals surface area contributed by atoms with Crippen LogP contribution in [0.2, 0.25) is 0 Å². The van der Waals surface area contributed by atoms with E-state index in [4.69, 9.17) is 0 Å². The number of hydrogen-bond donors (Lipinski definition) is 1. The molecule has 19 heavy (non-hydrogen) atoms. The van der Waals surface area contributed by atoms with Gasteiger partial charge in [-0.1, -0.05) is 44.0 Å². The maximum atomic E-state index is 3.82. The molecule has 2 saturated carbocycles. The molecule has 104 valence electrons. The van der Waals surface area contributed by atoms with Gasteiger partial charge < -0.3 is 5.32 Å². The predicted molar refractivity (Wildman–Crippen MR) is 81.3 cm³/mol. The normalized spacial score (nSPS) is 28.1. The molecule has 2 fully saturated rings. The average molecular weight is 257 g/mol. The Bertz CT molecular complexity index is 408. The first-order valence-electron chi connectivity index (χ1n) is 8.14. The lowest BCUT2D eigenvalue weighted by molar-refractivity contribution is 0.446. The van der Waals surface area contributed by atoms with Crippen LogP contribution in [-0.4, -0.2) is 6.04 Å². The summed E-state index contributed by atoms with van der Waals surface area (Å²) >= 11 is 0. The number of benzene rings is 1. The van der Waals surface area contributed by atoms with E-state index in [0.29, 0.717) is 0 Å². The second kappa shape index (κ2) is 6.09. The molecule has 0 bridgehead atoms. The summed E-state index contributed by atoms with van der Waals surface area (Å²) in [6, 6.07) is 9.80. The van der Waals surface area contributed by atoms with Crippen LogP contribution in [0.4, 0.5) is 0 Å². The molecule has 2 aliphatic carbocycles. The van der Waals surface area contributed by atoms with E-state index in [1.807, 2.05) is 0 Å². The highest BCUT2D eigenvalue weighted by molar-refractivity contribution is 5.33. The van der Waals surface area contributed by atoms with Crippen molar-refractivity contribution in [2.45, 2.75) is 70.4 Å². The van der Waals surface area contributed by atoms with E-state index in [-0.39, 0.29) is 0 Å². The maximum absolute atomic E-state index is 3.82. The van der Waals surface area contributed by atoms with Crippen LogP contribution < -0.4 is 5.32 Å². The molecule has 3 rings (SSSR count). The first-order chi connectivity index (χ1) is 9.33. The largest absolute Gasteiger partial charge is 0.310 e. The van der Waals surface area contributed by atoms with Crippen molar-refractivity contribution < 1.29 is 0 Å². The Morgan fingerprint density at radius 2 is 1.84 bits per heavy atom. The third-order valence-corrected chi connectivity index (χ3v) is 4.91. The molecule has 0 spiro atoms. The minimum Gasteiger partial charge on any atom is -0.310 e. The van der Waals surface area contributed by atoms with Gasteiger partial charge in [-0.2, -0.15) is 0 Å². The zero-order valence-corrected chi connectivity index (χ0v) is 12.2. The van der Waals surface area contributed by atoms with E-state index in [2.05, 4.69) is 36.5 Å². The van der Waals surface area contributed by atoms with Gasteiger partial charge in [-0.3, -0.25) is 0 Å². The molecule has 2 unspecified atom stereocenters. The quantitative estimate of drug-likeness (QED) is 0.776. The molecule has 1 aromatic carbocycles. The molecule has 1 nitrogen and oxygen atoms in total. The molecule has 1 N–H and O–H groups in total. The zero-order valence-electron chi connectivity index (χ0n) is 12.2. The highest BCUT2D eigenvalue weighted by atomic mass is 14.9. The first kappa shape index (κ1) is 13.2. The van der Waals surface area contributed by atoms with Crippen LogP contribution in [0.5, 0.6) is 0 Å². The minimum atomic E-state index is 0.747. The fourth-order valence-electron chi connectivity index (χ4n) is 3.43. The minimum absolute atomic E-state index is 0.747. The molecule has 0 heterocycles. The van der Waals surface area contributed by atoms with Gasteiger partial charge in [0.25, 0.3) is 0 Å². The van der Waals surface area contributed by atoms with E-state index in [9.17, 15) is 0 Å². The molecule has 0 radical (unpaired) electrons. The standard InChI is InChI=1S/C18H27N/c1-14-5-4-7-17(12-9-14)19-13-16-6-2-3-8-18(16)15-10-11-15/h2-3,6,8,14-15,17,19H,4-5,7,9-13H2,1H3. The van der Waals surface area contributed by atoms with Crippen LogP contribution in [-0.2, 0) is 6.54 Å². The lowest BCUT2D eigenvalue weighted by atomic mass is 10.0. The topological polar surface area (TPSA) is 12.0 Å². The fourth-order valence-corrected chi connectivity index (χ4v) is 3.43. The van der Waals surface area contributed by atoms with Gasteiger partial charge in [0.15, 0.2) is 0 Å². The maximum Gasteiger partial charge on any atom is 0.0210 e. The first-order valence-corrected chi connectivity index (χ1v) is 8.14. The van der Waals surface area contributed by atoms with Gasteiger partial charge in [0.2, 0.25) is 0 Å². The van der Waals surface area contributed by atoms with Gasteiger partial charge >= 0.3 is 0 Å². The summed E-state index contributed by atoms with van der Waals surface area (Å²) in [4.78, 5) is 0. The molecule has 2 aliphatic rings. The van der Waals surface area contributed by atoms with Crippen molar-refractivity contribution in [3.63, 3.8) is 0 Å². The average Bonchev–Trinajstić information content (AvgIpc) is 3.25. The molecule has 1 aromatic rings. The van der Waals surface area contributed by atoms with Gasteiger partial charge in [-0.05, 0) is 55.1 Å². The van der Waals surface area contributed by atoms with E-state index >= 15 is 0 Å². The molecule has 1 heteroatoms. The summed E-state index contributed by atoms with van der Waals surface area (Å²) in [5.74, 6) is 1.80. The molecule has 2 atom stereocenters. The van der Waals surface area contributed by atoms with E-state index in [0.717, 1.165) is 24.4 Å². The summed E-state index contributed by atoms with van der Waals surface area (Å²) in [7, 11) is 0. The van der Waals surface area contributed by atoms with E-state index in [1.165, 1.54) is 44.9 Å². The third kappa shape index (κ3) is 3.60. The van der Waals surface area contributed by atoms with Crippen LogP contribution in [0.3, 0.4) is 0 Å². The van der Waals surface area contributed by atoms with Crippen molar-refractivity contribution in [2.75, 3.05) is 0 Å². The van der Waals surface area contributed by atoms with Crippen molar-refractivity contribution in [3.8, 4) is 0 Å². The Kier molecular flexibility index (Phi) is 4.22. The summed E-state index contributed by atoms with van der Waals surface area (Å²) in [6.07, 6.45) is 9.78. The van der Waals surface area contributed by atoms with Crippen molar-refractivity contribution in [1.82, 2.24) is 5.32 Å².